The van der Waals surface area contributed by atoms with Crippen LogP contribution in [0.3, 0.4) is 0 Å². The van der Waals surface area contributed by atoms with Crippen LogP contribution >= 0.6 is 0 Å². The summed E-state index contributed by atoms with van der Waals surface area (Å²) in [6, 6.07) is 12.5. The Morgan fingerprint density at radius 2 is 1.89 bits per heavy atom. The maximum Gasteiger partial charge on any atom is 0.145 e. The van der Waals surface area contributed by atoms with Crippen LogP contribution in [0.2, 0.25) is 0 Å². The van der Waals surface area contributed by atoms with Gasteiger partial charge in [-0.25, -0.2) is 0 Å². The zero-order valence-corrected chi connectivity index (χ0v) is 10.1. The first-order valence-corrected chi connectivity index (χ1v) is 5.54. The third kappa shape index (κ3) is 2.73. The molecule has 0 heterocycles. The fraction of sp³-hybridized carbons (Fsp3) is 0.143. The van der Waals surface area contributed by atoms with Crippen LogP contribution in [0.1, 0.15) is 5.56 Å². The number of nitrogen functional groups attached to an aromatic ring is 1. The molecular weight excluding hydrogens is 230 g/mol. The van der Waals surface area contributed by atoms with E-state index >= 15 is 0 Å². The lowest BCUT2D eigenvalue weighted by Gasteiger charge is -2.09. The molecule has 0 radical (unpaired) electrons. The van der Waals surface area contributed by atoms with Gasteiger partial charge in [-0.2, -0.15) is 0 Å². The predicted molar refractivity (Wildman–Crippen MR) is 69.8 cm³/mol. The summed E-state index contributed by atoms with van der Waals surface area (Å²) in [4.78, 5) is 0. The first-order chi connectivity index (χ1) is 8.72. The normalized spacial score (nSPS) is 10.1. The highest BCUT2D eigenvalue weighted by molar-refractivity contribution is 5.56. The minimum Gasteiger partial charge on any atom is -0.494 e. The van der Waals surface area contributed by atoms with Crippen LogP contribution in [0.5, 0.6) is 17.2 Å². The summed E-state index contributed by atoms with van der Waals surface area (Å²) in [7, 11) is 1.56. The average Bonchev–Trinajstić information content (AvgIpc) is 2.41. The van der Waals surface area contributed by atoms with Crippen LogP contribution in [0, 0.1) is 0 Å². The van der Waals surface area contributed by atoms with Crippen molar-refractivity contribution in [2.75, 3.05) is 12.8 Å². The van der Waals surface area contributed by atoms with E-state index in [-0.39, 0.29) is 6.61 Å². The van der Waals surface area contributed by atoms with Crippen molar-refractivity contribution in [2.24, 2.45) is 0 Å². The Balaban J connectivity index is 2.22. The number of methoxy groups -OCH3 is 1. The van der Waals surface area contributed by atoms with Crippen molar-refractivity contribution in [1.82, 2.24) is 0 Å². The second kappa shape index (κ2) is 5.42. The fourth-order valence-corrected chi connectivity index (χ4v) is 1.60. The van der Waals surface area contributed by atoms with Gasteiger partial charge < -0.3 is 20.3 Å². The topological polar surface area (TPSA) is 64.7 Å². The smallest absolute Gasteiger partial charge is 0.145 e. The van der Waals surface area contributed by atoms with Gasteiger partial charge in [0.05, 0.1) is 19.4 Å². The van der Waals surface area contributed by atoms with Gasteiger partial charge >= 0.3 is 0 Å². The van der Waals surface area contributed by atoms with Crippen molar-refractivity contribution >= 4 is 5.69 Å². The molecule has 4 heteroatoms. The molecule has 2 aromatic carbocycles. The highest BCUT2D eigenvalue weighted by Crippen LogP contribution is 2.29. The summed E-state index contributed by atoms with van der Waals surface area (Å²) in [5, 5.41) is 9.05. The first kappa shape index (κ1) is 12.3. The van der Waals surface area contributed by atoms with Crippen molar-refractivity contribution in [3.8, 4) is 17.2 Å². The van der Waals surface area contributed by atoms with E-state index < -0.39 is 0 Å². The van der Waals surface area contributed by atoms with E-state index in [0.717, 1.165) is 5.56 Å². The van der Waals surface area contributed by atoms with Crippen LogP contribution in [0.4, 0.5) is 5.69 Å². The molecule has 0 spiro atoms. The summed E-state index contributed by atoms with van der Waals surface area (Å²) in [6.07, 6.45) is 0. The largest absolute Gasteiger partial charge is 0.494 e. The quantitative estimate of drug-likeness (QED) is 0.812. The molecule has 4 nitrogen and oxygen atoms in total. The molecule has 0 aromatic heterocycles. The van der Waals surface area contributed by atoms with E-state index in [9.17, 15) is 0 Å². The molecule has 18 heavy (non-hydrogen) atoms. The van der Waals surface area contributed by atoms with E-state index in [0.29, 0.717) is 22.9 Å². The van der Waals surface area contributed by atoms with Crippen molar-refractivity contribution in [3.63, 3.8) is 0 Å². The van der Waals surface area contributed by atoms with Crippen molar-refractivity contribution in [1.29, 1.82) is 0 Å². The number of rotatable bonds is 4. The lowest BCUT2D eigenvalue weighted by Crippen LogP contribution is -1.93. The highest BCUT2D eigenvalue weighted by atomic mass is 16.5. The Kier molecular flexibility index (Phi) is 3.69. The molecule has 0 unspecified atom stereocenters. The zero-order valence-electron chi connectivity index (χ0n) is 10.1. The molecule has 0 saturated carbocycles. The molecule has 94 valence electrons. The molecule has 3 N–H and O–H groups in total. The van der Waals surface area contributed by atoms with E-state index in [1.165, 1.54) is 0 Å². The van der Waals surface area contributed by atoms with E-state index in [2.05, 4.69) is 0 Å². The number of ether oxygens (including phenoxy) is 2. The summed E-state index contributed by atoms with van der Waals surface area (Å²) < 4.78 is 10.8. The van der Waals surface area contributed by atoms with Crippen molar-refractivity contribution in [3.05, 3.63) is 48.0 Å². The Morgan fingerprint density at radius 1 is 1.11 bits per heavy atom. The summed E-state index contributed by atoms with van der Waals surface area (Å²) in [5.41, 5.74) is 7.09. The third-order valence-electron chi connectivity index (χ3n) is 2.52. The van der Waals surface area contributed by atoms with Crippen LogP contribution in [0.15, 0.2) is 42.5 Å². The highest BCUT2D eigenvalue weighted by Gasteiger charge is 2.03. The Hall–Kier alpha value is -2.20. The second-order valence-corrected chi connectivity index (χ2v) is 3.81. The monoisotopic (exact) mass is 245 g/mol. The number of hydrogen-bond acceptors (Lipinski definition) is 4. The summed E-state index contributed by atoms with van der Waals surface area (Å²) in [5.74, 6) is 1.87. The Bertz CT molecular complexity index is 540. The molecule has 0 bridgehead atoms. The van der Waals surface area contributed by atoms with Crippen LogP contribution < -0.4 is 15.2 Å². The SMILES string of the molecule is COc1cc(Oc2cccc(CO)c2)ccc1N. The van der Waals surface area contributed by atoms with Gasteiger partial charge in [-0.3, -0.25) is 0 Å². The lowest BCUT2D eigenvalue weighted by molar-refractivity contribution is 0.281. The number of anilines is 1. The fourth-order valence-electron chi connectivity index (χ4n) is 1.60. The maximum absolute atomic E-state index is 9.05. The molecule has 0 aliphatic heterocycles. The number of aliphatic hydroxyl groups is 1. The number of aliphatic hydroxyl groups excluding tert-OH is 1. The molecule has 0 amide bonds. The maximum atomic E-state index is 9.05. The van der Waals surface area contributed by atoms with Gasteiger partial charge in [0.2, 0.25) is 0 Å². The molecule has 0 fully saturated rings. The number of hydrogen-bond donors (Lipinski definition) is 2. The van der Waals surface area contributed by atoms with Gasteiger partial charge in [-0.1, -0.05) is 12.1 Å². The van der Waals surface area contributed by atoms with Gasteiger partial charge in [0.25, 0.3) is 0 Å². The summed E-state index contributed by atoms with van der Waals surface area (Å²) in [6.45, 7) is -0.0116. The molecule has 2 rings (SSSR count). The van der Waals surface area contributed by atoms with Crippen LogP contribution in [-0.4, -0.2) is 12.2 Å². The third-order valence-corrected chi connectivity index (χ3v) is 2.52. The Morgan fingerprint density at radius 3 is 2.61 bits per heavy atom. The van der Waals surface area contributed by atoms with E-state index in [1.54, 1.807) is 31.4 Å². The van der Waals surface area contributed by atoms with Gasteiger partial charge in [0, 0.05) is 6.07 Å². The van der Waals surface area contributed by atoms with Gasteiger partial charge in [0.15, 0.2) is 0 Å². The van der Waals surface area contributed by atoms with Gasteiger partial charge in [-0.05, 0) is 29.8 Å². The van der Waals surface area contributed by atoms with Crippen molar-refractivity contribution in [2.45, 2.75) is 6.61 Å². The molecule has 0 aliphatic carbocycles. The van der Waals surface area contributed by atoms with Gasteiger partial charge in [0.1, 0.15) is 17.2 Å². The minimum atomic E-state index is -0.0116. The molecular formula is C14H15NO3. The first-order valence-electron chi connectivity index (χ1n) is 5.54. The van der Waals surface area contributed by atoms with Gasteiger partial charge in [-0.15, -0.1) is 0 Å². The predicted octanol–water partition coefficient (Wildman–Crippen LogP) is 2.56. The lowest BCUT2D eigenvalue weighted by atomic mass is 10.2. The molecule has 0 atom stereocenters. The van der Waals surface area contributed by atoms with E-state index in [1.807, 2.05) is 18.2 Å². The molecule has 0 saturated heterocycles. The zero-order chi connectivity index (χ0) is 13.0. The van der Waals surface area contributed by atoms with Crippen molar-refractivity contribution < 1.29 is 14.6 Å². The van der Waals surface area contributed by atoms with Crippen LogP contribution in [0.25, 0.3) is 0 Å². The summed E-state index contributed by atoms with van der Waals surface area (Å²) >= 11 is 0. The number of nitrogens with two attached hydrogens (primary N) is 1. The minimum absolute atomic E-state index is 0.0116. The van der Waals surface area contributed by atoms with E-state index in [4.69, 9.17) is 20.3 Å². The second-order valence-electron chi connectivity index (χ2n) is 3.81. The molecule has 2 aromatic rings. The number of benzene rings is 2. The van der Waals surface area contributed by atoms with Crippen LogP contribution in [-0.2, 0) is 6.61 Å². The average molecular weight is 245 g/mol. The molecule has 0 aliphatic rings. The Labute approximate surface area is 106 Å². The standard InChI is InChI=1S/C14H15NO3/c1-17-14-8-12(5-6-13(14)15)18-11-4-2-3-10(7-11)9-16/h2-8,16H,9,15H2,1H3.